The van der Waals surface area contributed by atoms with E-state index in [1.54, 1.807) is 39.0 Å². The van der Waals surface area contributed by atoms with Crippen LogP contribution in [0.15, 0.2) is 66.7 Å². The Morgan fingerprint density at radius 1 is 0.950 bits per heavy atom. The molecule has 3 aromatic carbocycles. The number of fused-ring (bicyclic) bond motifs is 1. The molecule has 9 nitrogen and oxygen atoms in total. The quantitative estimate of drug-likeness (QED) is 0.282. The number of phenols is 1. The zero-order valence-electron chi connectivity index (χ0n) is 23.7. The highest BCUT2D eigenvalue weighted by Crippen LogP contribution is 2.28. The lowest BCUT2D eigenvalue weighted by Crippen LogP contribution is -2.53. The molecule has 2 unspecified atom stereocenters. The van der Waals surface area contributed by atoms with E-state index < -0.39 is 42.2 Å². The second-order valence-corrected chi connectivity index (χ2v) is 11.1. The number of aliphatic hydroxyl groups excluding tert-OH is 1. The van der Waals surface area contributed by atoms with Gasteiger partial charge in [0.1, 0.15) is 23.4 Å². The topological polar surface area (TPSA) is 128 Å². The molecule has 214 valence electrons. The first-order valence-corrected chi connectivity index (χ1v) is 13.4. The zero-order chi connectivity index (χ0) is 29.4. The highest BCUT2D eigenvalue weighted by molar-refractivity contribution is 6.00. The van der Waals surface area contributed by atoms with Crippen LogP contribution >= 0.6 is 0 Å². The molecule has 3 aromatic rings. The Hall–Kier alpha value is -4.11. The summed E-state index contributed by atoms with van der Waals surface area (Å²) >= 11 is 0. The summed E-state index contributed by atoms with van der Waals surface area (Å²) in [7, 11) is 0. The highest BCUT2D eigenvalue weighted by atomic mass is 16.6. The van der Waals surface area contributed by atoms with E-state index in [2.05, 4.69) is 10.6 Å². The van der Waals surface area contributed by atoms with Gasteiger partial charge in [0.05, 0.1) is 6.61 Å². The van der Waals surface area contributed by atoms with Crippen molar-refractivity contribution < 1.29 is 29.3 Å². The van der Waals surface area contributed by atoms with Crippen LogP contribution in [0.4, 0.5) is 10.5 Å². The number of hydrogen-bond acceptors (Lipinski definition) is 6. The van der Waals surface area contributed by atoms with Gasteiger partial charge >= 0.3 is 6.09 Å². The fourth-order valence-electron chi connectivity index (χ4n) is 4.46. The molecule has 0 aliphatic heterocycles. The molecule has 0 saturated carbocycles. The number of nitrogens with one attached hydrogen (secondary N) is 2. The highest BCUT2D eigenvalue weighted by Gasteiger charge is 2.36. The van der Waals surface area contributed by atoms with Crippen molar-refractivity contribution >= 4 is 34.4 Å². The lowest BCUT2D eigenvalue weighted by Gasteiger charge is -2.34. The van der Waals surface area contributed by atoms with Gasteiger partial charge < -0.3 is 30.5 Å². The third-order valence-electron chi connectivity index (χ3n) is 6.08. The lowest BCUT2D eigenvalue weighted by atomic mass is 9.99. The molecule has 0 aliphatic carbocycles. The summed E-state index contributed by atoms with van der Waals surface area (Å²) in [6, 6.07) is 17.0. The number of ether oxygens (including phenoxy) is 1. The molecule has 0 radical (unpaired) electrons. The van der Waals surface area contributed by atoms with Crippen LogP contribution in [-0.2, 0) is 14.3 Å². The van der Waals surface area contributed by atoms with Crippen molar-refractivity contribution in [2.45, 2.75) is 58.7 Å². The van der Waals surface area contributed by atoms with Gasteiger partial charge in [0.25, 0.3) is 5.91 Å². The van der Waals surface area contributed by atoms with Gasteiger partial charge in [-0.2, -0.15) is 0 Å². The van der Waals surface area contributed by atoms with Crippen LogP contribution in [0.5, 0.6) is 5.75 Å². The molecule has 0 spiro atoms. The maximum atomic E-state index is 14.0. The number of benzene rings is 3. The molecular formula is C31H39N3O6. The van der Waals surface area contributed by atoms with Gasteiger partial charge in [-0.05, 0) is 73.7 Å². The molecule has 0 aromatic heterocycles. The normalized spacial score (nSPS) is 13.0. The minimum atomic E-state index is -1.21. The molecule has 4 N–H and O–H groups in total. The molecule has 0 fully saturated rings. The number of carbonyl (C=O) groups excluding carboxylic acids is 3. The largest absolute Gasteiger partial charge is 0.508 e. The van der Waals surface area contributed by atoms with E-state index in [0.717, 1.165) is 10.8 Å². The SMILES string of the molecule is CC(C)CC(NC(=O)OC(C)(C)C)C(=O)N(CCO)C(C(=O)Nc1ccc2ccccc2c1)c1cccc(O)c1. The Labute approximate surface area is 235 Å². The lowest BCUT2D eigenvalue weighted by molar-refractivity contribution is -0.141. The summed E-state index contributed by atoms with van der Waals surface area (Å²) in [6.07, 6.45) is -0.482. The van der Waals surface area contributed by atoms with E-state index in [4.69, 9.17) is 4.74 Å². The van der Waals surface area contributed by atoms with Gasteiger partial charge in [0.15, 0.2) is 0 Å². The van der Waals surface area contributed by atoms with E-state index >= 15 is 0 Å². The molecule has 0 saturated heterocycles. The molecule has 3 amide bonds. The van der Waals surface area contributed by atoms with Crippen LogP contribution in [0, 0.1) is 5.92 Å². The molecule has 0 heterocycles. The average molecular weight is 550 g/mol. The van der Waals surface area contributed by atoms with Crippen molar-refractivity contribution in [2.24, 2.45) is 5.92 Å². The number of carbonyl (C=O) groups is 3. The number of alkyl carbamates (subject to hydrolysis) is 1. The first-order chi connectivity index (χ1) is 18.9. The predicted octanol–water partition coefficient (Wildman–Crippen LogP) is 4.99. The number of anilines is 1. The Morgan fingerprint density at radius 2 is 1.65 bits per heavy atom. The number of hydrogen-bond donors (Lipinski definition) is 4. The Morgan fingerprint density at radius 3 is 2.27 bits per heavy atom. The molecule has 9 heteroatoms. The number of nitrogens with zero attached hydrogens (tertiary/aromatic N) is 1. The van der Waals surface area contributed by atoms with E-state index in [1.165, 1.54) is 17.0 Å². The fraction of sp³-hybridized carbons (Fsp3) is 0.387. The number of aliphatic hydroxyl groups is 1. The minimum absolute atomic E-state index is 0.0190. The van der Waals surface area contributed by atoms with Crippen LogP contribution in [0.25, 0.3) is 10.8 Å². The van der Waals surface area contributed by atoms with Crippen LogP contribution in [-0.4, -0.2) is 57.8 Å². The van der Waals surface area contributed by atoms with Crippen LogP contribution < -0.4 is 10.6 Å². The Bertz CT molecular complexity index is 1330. The first-order valence-electron chi connectivity index (χ1n) is 13.4. The maximum Gasteiger partial charge on any atom is 0.408 e. The number of aromatic hydroxyl groups is 1. The second kappa shape index (κ2) is 13.3. The van der Waals surface area contributed by atoms with Crippen LogP contribution in [0.3, 0.4) is 0 Å². The van der Waals surface area contributed by atoms with E-state index in [9.17, 15) is 24.6 Å². The first kappa shape index (κ1) is 30.4. The average Bonchev–Trinajstić information content (AvgIpc) is 2.86. The van der Waals surface area contributed by atoms with E-state index in [1.807, 2.05) is 50.2 Å². The van der Waals surface area contributed by atoms with E-state index in [-0.39, 0.29) is 24.6 Å². The Kier molecular flexibility index (Phi) is 10.1. The molecule has 3 rings (SSSR count). The molecule has 0 aliphatic rings. The third kappa shape index (κ3) is 8.44. The van der Waals surface area contributed by atoms with Crippen molar-refractivity contribution in [2.75, 3.05) is 18.5 Å². The van der Waals surface area contributed by atoms with Gasteiger partial charge in [-0.1, -0.05) is 56.3 Å². The smallest absolute Gasteiger partial charge is 0.408 e. The zero-order valence-corrected chi connectivity index (χ0v) is 23.7. The monoisotopic (exact) mass is 549 g/mol. The number of rotatable bonds is 10. The van der Waals surface area contributed by atoms with Gasteiger partial charge in [-0.25, -0.2) is 4.79 Å². The van der Waals surface area contributed by atoms with Gasteiger partial charge in [0.2, 0.25) is 5.91 Å². The number of amides is 3. The van der Waals surface area contributed by atoms with Gasteiger partial charge in [0, 0.05) is 12.2 Å². The second-order valence-electron chi connectivity index (χ2n) is 11.1. The summed E-state index contributed by atoms with van der Waals surface area (Å²) in [6.45, 7) is 8.37. The molecule has 0 bridgehead atoms. The maximum absolute atomic E-state index is 14.0. The van der Waals surface area contributed by atoms with Gasteiger partial charge in [-0.3, -0.25) is 9.59 Å². The third-order valence-corrected chi connectivity index (χ3v) is 6.08. The molecule has 2 atom stereocenters. The summed E-state index contributed by atoms with van der Waals surface area (Å²) in [5.74, 6) is -1.16. The molecule has 40 heavy (non-hydrogen) atoms. The minimum Gasteiger partial charge on any atom is -0.508 e. The predicted molar refractivity (Wildman–Crippen MR) is 155 cm³/mol. The van der Waals surface area contributed by atoms with Crippen molar-refractivity contribution in [1.82, 2.24) is 10.2 Å². The standard InChI is InChI=1S/C31H39N3O6/c1-20(2)17-26(33-30(39)40-31(3,4)5)29(38)34(15-16-35)27(23-11-8-12-25(36)19-23)28(37)32-24-14-13-21-9-6-7-10-22(21)18-24/h6-14,18-20,26-27,35-36H,15-17H2,1-5H3,(H,32,37)(H,33,39). The summed E-state index contributed by atoms with van der Waals surface area (Å²) in [4.78, 5) is 41.7. The Balaban J connectivity index is 2.00. The van der Waals surface area contributed by atoms with Gasteiger partial charge in [-0.15, -0.1) is 0 Å². The van der Waals surface area contributed by atoms with Crippen molar-refractivity contribution in [1.29, 1.82) is 0 Å². The summed E-state index contributed by atoms with van der Waals surface area (Å²) < 4.78 is 5.38. The van der Waals surface area contributed by atoms with Crippen LogP contribution in [0.2, 0.25) is 0 Å². The fourth-order valence-corrected chi connectivity index (χ4v) is 4.46. The van der Waals surface area contributed by atoms with Crippen molar-refractivity contribution in [3.05, 3.63) is 72.3 Å². The van der Waals surface area contributed by atoms with E-state index in [0.29, 0.717) is 11.3 Å². The number of phenolic OH excluding ortho intramolecular Hbond substituents is 1. The van der Waals surface area contributed by atoms with Crippen LogP contribution in [0.1, 0.15) is 52.6 Å². The van der Waals surface area contributed by atoms with Crippen molar-refractivity contribution in [3.63, 3.8) is 0 Å². The summed E-state index contributed by atoms with van der Waals surface area (Å²) in [5.41, 5.74) is 0.0981. The summed E-state index contributed by atoms with van der Waals surface area (Å²) in [5, 5.41) is 27.6. The molecular weight excluding hydrogens is 510 g/mol. The van der Waals surface area contributed by atoms with Crippen molar-refractivity contribution in [3.8, 4) is 5.75 Å².